The Morgan fingerprint density at radius 2 is 2.05 bits per heavy atom. The molecule has 200 valence electrons. The van der Waals surface area contributed by atoms with Gasteiger partial charge in [0.2, 0.25) is 17.7 Å². The summed E-state index contributed by atoms with van der Waals surface area (Å²) in [6.07, 6.45) is 2.18. The molecule has 1 aromatic carbocycles. The van der Waals surface area contributed by atoms with E-state index in [1.54, 1.807) is 19.2 Å². The fraction of sp³-hybridized carbons (Fsp3) is 0.462. The Labute approximate surface area is 216 Å². The number of alkyl halides is 2. The van der Waals surface area contributed by atoms with Crippen LogP contribution in [0.2, 0.25) is 0 Å². The highest BCUT2D eigenvalue weighted by atomic mass is 19.3. The Bertz CT molecular complexity index is 1560. The number of aryl methyl sites for hydroxylation is 1. The van der Waals surface area contributed by atoms with E-state index in [1.165, 1.54) is 17.7 Å². The van der Waals surface area contributed by atoms with E-state index in [-0.39, 0.29) is 28.5 Å². The zero-order chi connectivity index (χ0) is 26.8. The molecule has 1 aliphatic carbocycles. The van der Waals surface area contributed by atoms with Gasteiger partial charge >= 0.3 is 0 Å². The molecule has 38 heavy (non-hydrogen) atoms. The highest BCUT2D eigenvalue weighted by Crippen LogP contribution is 2.42. The molecule has 4 aromatic rings. The molecule has 9 nitrogen and oxygen atoms in total. The van der Waals surface area contributed by atoms with Crippen LogP contribution in [-0.2, 0) is 11.3 Å². The summed E-state index contributed by atoms with van der Waals surface area (Å²) in [5.74, 6) is 0.600. The Morgan fingerprint density at radius 3 is 2.74 bits per heavy atom. The van der Waals surface area contributed by atoms with E-state index in [2.05, 4.69) is 32.2 Å². The molecule has 1 amide bonds. The van der Waals surface area contributed by atoms with Gasteiger partial charge in [-0.05, 0) is 50.8 Å². The van der Waals surface area contributed by atoms with Gasteiger partial charge in [-0.15, -0.1) is 0 Å². The molecule has 0 bridgehead atoms. The van der Waals surface area contributed by atoms with Gasteiger partial charge in [0.05, 0.1) is 24.6 Å². The number of hydrogen-bond donors (Lipinski definition) is 2. The molecule has 2 aliphatic rings. The molecule has 2 N–H and O–H groups in total. The predicted octanol–water partition coefficient (Wildman–Crippen LogP) is 4.65. The van der Waals surface area contributed by atoms with Gasteiger partial charge in [0, 0.05) is 36.3 Å². The summed E-state index contributed by atoms with van der Waals surface area (Å²) in [6, 6.07) is 3.08. The van der Waals surface area contributed by atoms with Crippen LogP contribution in [-0.4, -0.2) is 67.0 Å². The molecule has 1 saturated carbocycles. The molecule has 12 heteroatoms. The molecule has 1 aliphatic heterocycles. The van der Waals surface area contributed by atoms with Gasteiger partial charge in [0.15, 0.2) is 5.82 Å². The Kier molecular flexibility index (Phi) is 5.73. The maximum atomic E-state index is 15.0. The number of imidazole rings is 1. The number of benzene rings is 1. The number of aromatic nitrogens is 5. The summed E-state index contributed by atoms with van der Waals surface area (Å²) in [5, 5.41) is 3.90. The van der Waals surface area contributed by atoms with Crippen molar-refractivity contribution in [1.29, 1.82) is 0 Å². The number of halogens is 3. The van der Waals surface area contributed by atoms with Crippen LogP contribution in [0.5, 0.6) is 5.88 Å². The quantitative estimate of drug-likeness (QED) is 0.363. The monoisotopic (exact) mass is 527 g/mol. The summed E-state index contributed by atoms with van der Waals surface area (Å²) < 4.78 is 48.3. The number of carbonyl (C=O) groups excluding carboxylic acids is 1. The number of rotatable bonds is 7. The molecular weight excluding hydrogens is 499 g/mol. The van der Waals surface area contributed by atoms with E-state index in [0.29, 0.717) is 46.2 Å². The van der Waals surface area contributed by atoms with Crippen LogP contribution in [0.1, 0.15) is 38.4 Å². The van der Waals surface area contributed by atoms with Crippen molar-refractivity contribution in [3.63, 3.8) is 0 Å². The molecular formula is C26H28F3N7O2. The Hall–Kier alpha value is -3.83. The Morgan fingerprint density at radius 1 is 1.26 bits per heavy atom. The van der Waals surface area contributed by atoms with Crippen molar-refractivity contribution in [2.24, 2.45) is 0 Å². The van der Waals surface area contributed by atoms with Crippen molar-refractivity contribution in [1.82, 2.24) is 29.4 Å². The minimum absolute atomic E-state index is 0.0459. The number of H-pyrrole nitrogens is 1. The minimum Gasteiger partial charge on any atom is -0.480 e. The first kappa shape index (κ1) is 24.5. The number of ether oxygens (including phenoxy) is 1. The maximum Gasteiger partial charge on any atom is 0.256 e. The van der Waals surface area contributed by atoms with Crippen LogP contribution in [0, 0.1) is 12.7 Å². The van der Waals surface area contributed by atoms with E-state index >= 15 is 4.39 Å². The van der Waals surface area contributed by atoms with Crippen molar-refractivity contribution in [2.45, 2.75) is 64.1 Å². The maximum absolute atomic E-state index is 15.0. The van der Waals surface area contributed by atoms with Crippen molar-refractivity contribution in [2.75, 3.05) is 19.0 Å². The third-order valence-corrected chi connectivity index (χ3v) is 7.75. The van der Waals surface area contributed by atoms with Crippen molar-refractivity contribution < 1.29 is 22.7 Å². The lowest BCUT2D eigenvalue weighted by Crippen LogP contribution is -2.59. The molecule has 0 atom stereocenters. The molecule has 4 heterocycles. The summed E-state index contributed by atoms with van der Waals surface area (Å²) in [7, 11) is 1.49. The average Bonchev–Trinajstić information content (AvgIpc) is 3.55. The highest BCUT2D eigenvalue weighted by Gasteiger charge is 2.48. The number of hydrogen-bond acceptors (Lipinski definition) is 6. The lowest BCUT2D eigenvalue weighted by Gasteiger charge is -2.51. The molecule has 0 spiro atoms. The van der Waals surface area contributed by atoms with E-state index in [9.17, 15) is 13.6 Å². The number of amides is 1. The second-order valence-electron chi connectivity index (χ2n) is 10.4. The van der Waals surface area contributed by atoms with Gasteiger partial charge in [-0.2, -0.15) is 9.97 Å². The normalized spacial score (nSPS) is 21.6. The van der Waals surface area contributed by atoms with Gasteiger partial charge < -0.3 is 24.5 Å². The number of fused-ring (bicyclic) bond motifs is 2. The fourth-order valence-corrected chi connectivity index (χ4v) is 5.99. The molecule has 2 fully saturated rings. The third-order valence-electron chi connectivity index (χ3n) is 7.75. The number of nitrogens with zero attached hydrogens (tertiary/aromatic N) is 5. The standard InChI is InChI=1S/C26H28F3N7O2/c1-13-31-22-17(27)7-14(8-18(22)35(13)12-19(28)29)16-11-30-23-21(16)24(38-3)34-25(33-23)32-15-9-26(2,10-15)36-6-4-5-20(36)37/h7-8,11,15,19H,4-6,9-10,12H2,1-3H3,(H2,30,32,33,34). The second-order valence-corrected chi connectivity index (χ2v) is 10.4. The zero-order valence-electron chi connectivity index (χ0n) is 21.3. The van der Waals surface area contributed by atoms with Crippen LogP contribution in [0.25, 0.3) is 33.2 Å². The van der Waals surface area contributed by atoms with Crippen molar-refractivity contribution >= 4 is 33.9 Å². The number of methoxy groups -OCH3 is 1. The topological polar surface area (TPSA) is 101 Å². The largest absolute Gasteiger partial charge is 0.480 e. The van der Waals surface area contributed by atoms with Crippen molar-refractivity contribution in [3.05, 3.63) is 30.0 Å². The highest BCUT2D eigenvalue weighted by molar-refractivity contribution is 5.99. The van der Waals surface area contributed by atoms with Gasteiger partial charge in [-0.3, -0.25) is 4.79 Å². The summed E-state index contributed by atoms with van der Waals surface area (Å²) in [5.41, 5.74) is 1.71. The van der Waals surface area contributed by atoms with Crippen LogP contribution < -0.4 is 10.1 Å². The Balaban J connectivity index is 1.31. The molecule has 6 rings (SSSR count). The first-order chi connectivity index (χ1) is 18.2. The van der Waals surface area contributed by atoms with Crippen LogP contribution in [0.3, 0.4) is 0 Å². The summed E-state index contributed by atoms with van der Waals surface area (Å²) in [4.78, 5) is 30.6. The number of likely N-dealkylation sites (tertiary alicyclic amines) is 1. The first-order valence-electron chi connectivity index (χ1n) is 12.6. The molecule has 0 unspecified atom stereocenters. The smallest absolute Gasteiger partial charge is 0.256 e. The van der Waals surface area contributed by atoms with Gasteiger partial charge in [0.1, 0.15) is 17.0 Å². The number of aromatic amines is 1. The van der Waals surface area contributed by atoms with Crippen LogP contribution >= 0.6 is 0 Å². The van der Waals surface area contributed by atoms with Crippen LogP contribution in [0.4, 0.5) is 19.1 Å². The minimum atomic E-state index is -2.60. The lowest BCUT2D eigenvalue weighted by atomic mass is 9.73. The molecule has 0 radical (unpaired) electrons. The predicted molar refractivity (Wildman–Crippen MR) is 136 cm³/mol. The van der Waals surface area contributed by atoms with Crippen molar-refractivity contribution in [3.8, 4) is 17.0 Å². The summed E-state index contributed by atoms with van der Waals surface area (Å²) >= 11 is 0. The van der Waals surface area contributed by atoms with E-state index < -0.39 is 18.8 Å². The van der Waals surface area contributed by atoms with E-state index in [1.807, 2.05) is 4.90 Å². The lowest BCUT2D eigenvalue weighted by molar-refractivity contribution is -0.136. The van der Waals surface area contributed by atoms with Gasteiger partial charge in [-0.1, -0.05) is 0 Å². The molecule has 3 aromatic heterocycles. The molecule has 1 saturated heterocycles. The van der Waals surface area contributed by atoms with Crippen LogP contribution in [0.15, 0.2) is 18.3 Å². The average molecular weight is 528 g/mol. The van der Waals surface area contributed by atoms with E-state index in [4.69, 9.17) is 4.74 Å². The van der Waals surface area contributed by atoms with Gasteiger partial charge in [-0.25, -0.2) is 18.2 Å². The number of anilines is 1. The second kappa shape index (κ2) is 8.88. The number of nitrogens with one attached hydrogen (secondary N) is 2. The van der Waals surface area contributed by atoms with Gasteiger partial charge in [0.25, 0.3) is 6.43 Å². The SMILES string of the molecule is COc1nc(NC2CC(C)(N3CCCC3=O)C2)nc2[nH]cc(-c3cc(F)c4nc(C)n(CC(F)F)c4c3)c12. The number of carbonyl (C=O) groups is 1. The zero-order valence-corrected chi connectivity index (χ0v) is 21.3. The fourth-order valence-electron chi connectivity index (χ4n) is 5.99. The third kappa shape index (κ3) is 3.93. The van der Waals surface area contributed by atoms with E-state index in [0.717, 1.165) is 25.8 Å². The first-order valence-corrected chi connectivity index (χ1v) is 12.6. The summed E-state index contributed by atoms with van der Waals surface area (Å²) in [6.45, 7) is 3.92.